The van der Waals surface area contributed by atoms with Gasteiger partial charge in [0.1, 0.15) is 17.6 Å². The highest BCUT2D eigenvalue weighted by atomic mass is 32.2. The van der Waals surface area contributed by atoms with Crippen LogP contribution in [0.15, 0.2) is 53.4 Å². The van der Waals surface area contributed by atoms with Gasteiger partial charge in [0.25, 0.3) is 5.91 Å². The normalized spacial score (nSPS) is 15.1. The number of nitrogens with zero attached hydrogens (tertiary/aromatic N) is 3. The fourth-order valence-electron chi connectivity index (χ4n) is 2.85. The molecule has 1 fully saturated rings. The first kappa shape index (κ1) is 19.8. The maximum atomic E-state index is 13.0. The average Bonchev–Trinajstić information content (AvgIpc) is 2.72. The lowest BCUT2D eigenvalue weighted by atomic mass is 10.2. The number of hydrogen-bond acceptors (Lipinski definition) is 5. The monoisotopic (exact) mass is 403 g/mol. The molecule has 9 heteroatoms. The van der Waals surface area contributed by atoms with E-state index in [1.54, 1.807) is 24.3 Å². The third-order valence-electron chi connectivity index (χ3n) is 4.40. The fraction of sp³-hybridized carbons (Fsp3) is 0.263. The Labute approximate surface area is 162 Å². The molecule has 0 aromatic heterocycles. The van der Waals surface area contributed by atoms with E-state index < -0.39 is 15.8 Å². The largest absolute Gasteiger partial charge is 0.482 e. The summed E-state index contributed by atoms with van der Waals surface area (Å²) in [6.45, 7) is 0.495. The van der Waals surface area contributed by atoms with Crippen molar-refractivity contribution in [3.63, 3.8) is 0 Å². The molecule has 28 heavy (non-hydrogen) atoms. The molecule has 146 valence electrons. The number of rotatable bonds is 5. The van der Waals surface area contributed by atoms with Crippen molar-refractivity contribution >= 4 is 15.9 Å². The third-order valence-corrected chi connectivity index (χ3v) is 6.31. The van der Waals surface area contributed by atoms with Gasteiger partial charge < -0.3 is 9.64 Å². The number of nitriles is 1. The van der Waals surface area contributed by atoms with Crippen molar-refractivity contribution in [1.82, 2.24) is 9.21 Å². The van der Waals surface area contributed by atoms with Gasteiger partial charge in [0.2, 0.25) is 10.0 Å². The van der Waals surface area contributed by atoms with Gasteiger partial charge in [0.05, 0.1) is 10.5 Å². The molecule has 1 heterocycles. The molecule has 2 aromatic rings. The molecule has 0 spiro atoms. The number of piperazine rings is 1. The van der Waals surface area contributed by atoms with Crippen LogP contribution in [0.5, 0.6) is 5.75 Å². The highest BCUT2D eigenvalue weighted by Gasteiger charge is 2.30. The summed E-state index contributed by atoms with van der Waals surface area (Å²) in [5.74, 6) is -0.463. The maximum absolute atomic E-state index is 13.0. The first-order valence-electron chi connectivity index (χ1n) is 8.57. The Morgan fingerprint density at radius 1 is 1.07 bits per heavy atom. The van der Waals surface area contributed by atoms with Gasteiger partial charge >= 0.3 is 0 Å². The van der Waals surface area contributed by atoms with Crippen molar-refractivity contribution < 1.29 is 22.3 Å². The summed E-state index contributed by atoms with van der Waals surface area (Å²) >= 11 is 0. The first-order valence-corrected chi connectivity index (χ1v) is 10.0. The highest BCUT2D eigenvalue weighted by Crippen LogP contribution is 2.19. The molecule has 1 aliphatic rings. The minimum absolute atomic E-state index is 0.0186. The van der Waals surface area contributed by atoms with Gasteiger partial charge in [-0.15, -0.1) is 0 Å². The molecule has 1 saturated heterocycles. The molecule has 0 N–H and O–H groups in total. The zero-order valence-corrected chi connectivity index (χ0v) is 15.7. The number of halogens is 1. The van der Waals surface area contributed by atoms with Crippen LogP contribution in [0.1, 0.15) is 5.56 Å². The Morgan fingerprint density at radius 3 is 2.36 bits per heavy atom. The predicted octanol–water partition coefficient (Wildman–Crippen LogP) is 1.61. The number of hydrogen-bond donors (Lipinski definition) is 0. The van der Waals surface area contributed by atoms with E-state index in [0.29, 0.717) is 11.3 Å². The van der Waals surface area contributed by atoms with E-state index in [9.17, 15) is 17.6 Å². The average molecular weight is 403 g/mol. The van der Waals surface area contributed by atoms with Crippen molar-refractivity contribution in [3.05, 3.63) is 59.9 Å². The summed E-state index contributed by atoms with van der Waals surface area (Å²) in [7, 11) is -3.73. The number of ether oxygens (including phenoxy) is 1. The number of carbonyl (C=O) groups excluding carboxylic acids is 1. The summed E-state index contributed by atoms with van der Waals surface area (Å²) in [4.78, 5) is 13.9. The standard InChI is InChI=1S/C19H18FN3O4S/c20-16-5-7-17(8-6-16)28(25,26)23-11-9-22(10-12-23)19(24)14-27-18-4-2-1-3-15(18)13-21/h1-8H,9-12,14H2. The minimum atomic E-state index is -3.73. The molecule has 0 atom stereocenters. The van der Waals surface area contributed by atoms with E-state index in [2.05, 4.69) is 0 Å². The second-order valence-corrected chi connectivity index (χ2v) is 8.07. The van der Waals surface area contributed by atoms with Crippen LogP contribution < -0.4 is 4.74 Å². The molecule has 2 aromatic carbocycles. The Morgan fingerprint density at radius 2 is 1.71 bits per heavy atom. The minimum Gasteiger partial charge on any atom is -0.482 e. The Balaban J connectivity index is 1.57. The summed E-state index contributed by atoms with van der Waals surface area (Å²) in [6, 6.07) is 13.3. The highest BCUT2D eigenvalue weighted by molar-refractivity contribution is 7.89. The van der Waals surface area contributed by atoms with Gasteiger partial charge in [-0.2, -0.15) is 9.57 Å². The predicted molar refractivity (Wildman–Crippen MR) is 98.4 cm³/mol. The summed E-state index contributed by atoms with van der Waals surface area (Å²) in [6.07, 6.45) is 0. The summed E-state index contributed by atoms with van der Waals surface area (Å²) < 4.78 is 44.9. The number of sulfonamides is 1. The van der Waals surface area contributed by atoms with Gasteiger partial charge in [0.15, 0.2) is 6.61 Å². The molecule has 0 radical (unpaired) electrons. The van der Waals surface area contributed by atoms with Crippen LogP contribution in [0.4, 0.5) is 4.39 Å². The maximum Gasteiger partial charge on any atom is 0.260 e. The molecule has 0 saturated carbocycles. The van der Waals surface area contributed by atoms with Crippen molar-refractivity contribution in [2.24, 2.45) is 0 Å². The molecule has 3 rings (SSSR count). The summed E-state index contributed by atoms with van der Waals surface area (Å²) in [5.41, 5.74) is 0.338. The molecule has 1 aliphatic heterocycles. The number of amides is 1. The summed E-state index contributed by atoms with van der Waals surface area (Å²) in [5, 5.41) is 9.04. The first-order chi connectivity index (χ1) is 13.4. The van der Waals surface area contributed by atoms with E-state index >= 15 is 0 Å². The van der Waals surface area contributed by atoms with Gasteiger partial charge in [-0.25, -0.2) is 12.8 Å². The molecule has 7 nitrogen and oxygen atoms in total. The number of carbonyl (C=O) groups is 1. The van der Waals surface area contributed by atoms with Crippen LogP contribution in [-0.2, 0) is 14.8 Å². The van der Waals surface area contributed by atoms with E-state index in [4.69, 9.17) is 10.00 Å². The van der Waals surface area contributed by atoms with Crippen LogP contribution >= 0.6 is 0 Å². The topological polar surface area (TPSA) is 90.7 Å². The smallest absolute Gasteiger partial charge is 0.260 e. The molecular weight excluding hydrogens is 385 g/mol. The Bertz CT molecular complexity index is 995. The van der Waals surface area contributed by atoms with E-state index in [1.807, 2.05) is 6.07 Å². The van der Waals surface area contributed by atoms with Crippen LogP contribution in [0, 0.1) is 17.1 Å². The van der Waals surface area contributed by atoms with Gasteiger partial charge in [-0.3, -0.25) is 4.79 Å². The fourth-order valence-corrected chi connectivity index (χ4v) is 4.27. The van der Waals surface area contributed by atoms with Gasteiger partial charge in [-0.1, -0.05) is 12.1 Å². The number of benzene rings is 2. The Kier molecular flexibility index (Phi) is 5.92. The molecule has 1 amide bonds. The molecule has 0 aliphatic carbocycles. The van der Waals surface area contributed by atoms with Gasteiger partial charge in [-0.05, 0) is 36.4 Å². The SMILES string of the molecule is N#Cc1ccccc1OCC(=O)N1CCN(S(=O)(=O)c2ccc(F)cc2)CC1. The van der Waals surface area contributed by atoms with Crippen LogP contribution in [0.2, 0.25) is 0 Å². The van der Waals surface area contributed by atoms with Crippen LogP contribution in [0.25, 0.3) is 0 Å². The molecule has 0 bridgehead atoms. The third kappa shape index (κ3) is 4.30. The lowest BCUT2D eigenvalue weighted by molar-refractivity contribution is -0.134. The second kappa shape index (κ2) is 8.37. The van der Waals surface area contributed by atoms with Crippen molar-refractivity contribution in [3.8, 4) is 11.8 Å². The van der Waals surface area contributed by atoms with Crippen molar-refractivity contribution in [1.29, 1.82) is 5.26 Å². The van der Waals surface area contributed by atoms with E-state index in [1.165, 1.54) is 21.3 Å². The lowest BCUT2D eigenvalue weighted by Gasteiger charge is -2.34. The Hall–Kier alpha value is -2.96. The van der Waals surface area contributed by atoms with Crippen LogP contribution in [-0.4, -0.2) is 56.3 Å². The quantitative estimate of drug-likeness (QED) is 0.757. The second-order valence-electron chi connectivity index (χ2n) is 6.14. The zero-order valence-electron chi connectivity index (χ0n) is 14.9. The number of para-hydroxylation sites is 1. The molecular formula is C19H18FN3O4S. The van der Waals surface area contributed by atoms with E-state index in [-0.39, 0.29) is 43.6 Å². The van der Waals surface area contributed by atoms with Gasteiger partial charge in [0, 0.05) is 26.2 Å². The zero-order chi connectivity index (χ0) is 20.1. The van der Waals surface area contributed by atoms with Crippen molar-refractivity contribution in [2.45, 2.75) is 4.90 Å². The molecule has 0 unspecified atom stereocenters. The van der Waals surface area contributed by atoms with Crippen molar-refractivity contribution in [2.75, 3.05) is 32.8 Å². The van der Waals surface area contributed by atoms with E-state index in [0.717, 1.165) is 12.1 Å². The van der Waals surface area contributed by atoms with Crippen LogP contribution in [0.3, 0.4) is 0 Å². The lowest BCUT2D eigenvalue weighted by Crippen LogP contribution is -2.51.